The summed E-state index contributed by atoms with van der Waals surface area (Å²) < 4.78 is 0. The summed E-state index contributed by atoms with van der Waals surface area (Å²) in [6.07, 6.45) is 8.99. The second-order valence-electron chi connectivity index (χ2n) is 5.03. The predicted molar refractivity (Wildman–Crippen MR) is 49.9 cm³/mol. The highest BCUT2D eigenvalue weighted by Gasteiger charge is 2.40. The van der Waals surface area contributed by atoms with Crippen molar-refractivity contribution in [2.24, 2.45) is 11.3 Å². The van der Waals surface area contributed by atoms with Gasteiger partial charge in [0.1, 0.15) is 0 Å². The normalized spacial score (nSPS) is 48.5. The van der Waals surface area contributed by atoms with Crippen molar-refractivity contribution in [2.75, 3.05) is 0 Å². The van der Waals surface area contributed by atoms with Gasteiger partial charge in [0.2, 0.25) is 0 Å². The molecule has 0 bridgehead atoms. The number of aliphatic hydroxyl groups is 1. The van der Waals surface area contributed by atoms with Crippen molar-refractivity contribution >= 4 is 0 Å². The molecule has 0 spiro atoms. The van der Waals surface area contributed by atoms with Gasteiger partial charge in [-0.3, -0.25) is 0 Å². The molecule has 2 aliphatic rings. The van der Waals surface area contributed by atoms with Gasteiger partial charge in [0.05, 0.1) is 6.10 Å². The van der Waals surface area contributed by atoms with Gasteiger partial charge in [0.25, 0.3) is 0 Å². The molecule has 0 aromatic rings. The summed E-state index contributed by atoms with van der Waals surface area (Å²) in [6, 6.07) is 0. The van der Waals surface area contributed by atoms with Gasteiger partial charge in [-0.25, -0.2) is 0 Å². The van der Waals surface area contributed by atoms with E-state index < -0.39 is 0 Å². The lowest BCUT2D eigenvalue weighted by molar-refractivity contribution is -0.0132. The zero-order chi connectivity index (χ0) is 8.60. The maximum atomic E-state index is 9.61. The van der Waals surface area contributed by atoms with E-state index in [0.717, 1.165) is 18.8 Å². The molecular weight excluding hydrogens is 148 g/mol. The summed E-state index contributed by atoms with van der Waals surface area (Å²) in [5.74, 6) is 0.926. The van der Waals surface area contributed by atoms with Crippen molar-refractivity contribution in [1.29, 1.82) is 0 Å². The van der Waals surface area contributed by atoms with Gasteiger partial charge in [-0.15, -0.1) is 0 Å². The van der Waals surface area contributed by atoms with Crippen molar-refractivity contribution in [3.63, 3.8) is 0 Å². The fourth-order valence-electron chi connectivity index (χ4n) is 3.27. The topological polar surface area (TPSA) is 20.2 Å². The Bertz CT molecular complexity index is 166. The maximum Gasteiger partial charge on any atom is 0.0545 e. The lowest BCUT2D eigenvalue weighted by atomic mass is 9.60. The van der Waals surface area contributed by atoms with E-state index in [-0.39, 0.29) is 6.10 Å². The lowest BCUT2D eigenvalue weighted by Gasteiger charge is -2.46. The van der Waals surface area contributed by atoms with Gasteiger partial charge in [0, 0.05) is 0 Å². The molecule has 0 radical (unpaired) electrons. The highest BCUT2D eigenvalue weighted by atomic mass is 16.3. The second-order valence-corrected chi connectivity index (χ2v) is 5.03. The number of hydrogen-bond acceptors (Lipinski definition) is 1. The molecule has 12 heavy (non-hydrogen) atoms. The van der Waals surface area contributed by atoms with E-state index in [9.17, 15) is 5.11 Å². The quantitative estimate of drug-likeness (QED) is 0.589. The molecule has 0 aliphatic heterocycles. The highest BCUT2D eigenvalue weighted by Crippen LogP contribution is 2.49. The third kappa shape index (κ3) is 1.39. The van der Waals surface area contributed by atoms with E-state index in [4.69, 9.17) is 0 Å². The Balaban J connectivity index is 2.07. The molecular formula is C11H20O. The van der Waals surface area contributed by atoms with E-state index >= 15 is 0 Å². The summed E-state index contributed by atoms with van der Waals surface area (Å²) in [5, 5.41) is 9.61. The van der Waals surface area contributed by atoms with Crippen molar-refractivity contribution in [2.45, 2.75) is 58.0 Å². The number of aliphatic hydroxyl groups excluding tert-OH is 1. The van der Waals surface area contributed by atoms with E-state index in [1.54, 1.807) is 0 Å². The second kappa shape index (κ2) is 3.02. The average molecular weight is 168 g/mol. The van der Waals surface area contributed by atoms with Crippen LogP contribution >= 0.6 is 0 Å². The average Bonchev–Trinajstić information content (AvgIpc) is 2.02. The summed E-state index contributed by atoms with van der Waals surface area (Å²) in [7, 11) is 0. The van der Waals surface area contributed by atoms with Crippen LogP contribution in [0.5, 0.6) is 0 Å². The molecule has 0 saturated heterocycles. The Morgan fingerprint density at radius 3 is 2.83 bits per heavy atom. The van der Waals surface area contributed by atoms with Crippen LogP contribution < -0.4 is 0 Å². The Hall–Kier alpha value is -0.0400. The number of fused-ring (bicyclic) bond motifs is 1. The van der Waals surface area contributed by atoms with E-state index in [1.807, 2.05) is 0 Å². The molecule has 1 heteroatoms. The summed E-state index contributed by atoms with van der Waals surface area (Å²) >= 11 is 0. The highest BCUT2D eigenvalue weighted by molar-refractivity contribution is 4.91. The zero-order valence-corrected chi connectivity index (χ0v) is 8.05. The van der Waals surface area contributed by atoms with Gasteiger partial charge in [-0.05, 0) is 43.4 Å². The Morgan fingerprint density at radius 2 is 2.00 bits per heavy atom. The SMILES string of the molecule is C[C@]12CCCC[C@@H]1CC[C@H](O)C2. The first-order valence-corrected chi connectivity index (χ1v) is 5.39. The summed E-state index contributed by atoms with van der Waals surface area (Å²) in [4.78, 5) is 0. The molecule has 1 N–H and O–H groups in total. The third-order valence-electron chi connectivity index (χ3n) is 4.09. The van der Waals surface area contributed by atoms with Gasteiger partial charge in [0.15, 0.2) is 0 Å². The minimum Gasteiger partial charge on any atom is -0.393 e. The van der Waals surface area contributed by atoms with Crippen LogP contribution in [-0.2, 0) is 0 Å². The fourth-order valence-corrected chi connectivity index (χ4v) is 3.27. The van der Waals surface area contributed by atoms with Crippen LogP contribution in [0, 0.1) is 11.3 Å². The molecule has 0 aromatic carbocycles. The largest absolute Gasteiger partial charge is 0.393 e. The van der Waals surface area contributed by atoms with Gasteiger partial charge in [-0.2, -0.15) is 0 Å². The molecule has 3 atom stereocenters. The van der Waals surface area contributed by atoms with E-state index in [1.165, 1.54) is 32.1 Å². The van der Waals surface area contributed by atoms with Crippen molar-refractivity contribution in [3.05, 3.63) is 0 Å². The Labute approximate surface area is 75.2 Å². The Morgan fingerprint density at radius 1 is 1.17 bits per heavy atom. The molecule has 2 aliphatic carbocycles. The smallest absolute Gasteiger partial charge is 0.0545 e. The molecule has 0 unspecified atom stereocenters. The lowest BCUT2D eigenvalue weighted by Crippen LogP contribution is -2.38. The standard InChI is InChI=1S/C11H20O/c1-11-7-3-2-4-9(11)5-6-10(12)8-11/h9-10,12H,2-8H2,1H3/t9-,10+,11-/m1/s1. The first-order valence-electron chi connectivity index (χ1n) is 5.39. The van der Waals surface area contributed by atoms with Crippen LogP contribution in [0.25, 0.3) is 0 Å². The van der Waals surface area contributed by atoms with Crippen LogP contribution in [0.15, 0.2) is 0 Å². The monoisotopic (exact) mass is 168 g/mol. The first-order chi connectivity index (χ1) is 5.71. The molecule has 2 saturated carbocycles. The van der Waals surface area contributed by atoms with Crippen molar-refractivity contribution in [3.8, 4) is 0 Å². The van der Waals surface area contributed by atoms with Crippen LogP contribution in [0.3, 0.4) is 0 Å². The third-order valence-corrected chi connectivity index (χ3v) is 4.09. The molecule has 0 aromatic heterocycles. The zero-order valence-electron chi connectivity index (χ0n) is 8.05. The minimum atomic E-state index is 0.00403. The molecule has 1 nitrogen and oxygen atoms in total. The molecule has 2 rings (SSSR count). The first kappa shape index (κ1) is 8.55. The molecule has 70 valence electrons. The predicted octanol–water partition coefficient (Wildman–Crippen LogP) is 2.73. The minimum absolute atomic E-state index is 0.00403. The van der Waals surface area contributed by atoms with E-state index in [2.05, 4.69) is 6.92 Å². The number of hydrogen-bond donors (Lipinski definition) is 1. The van der Waals surface area contributed by atoms with Crippen LogP contribution in [0.2, 0.25) is 0 Å². The van der Waals surface area contributed by atoms with Crippen molar-refractivity contribution in [1.82, 2.24) is 0 Å². The Kier molecular flexibility index (Phi) is 2.16. The van der Waals surface area contributed by atoms with Crippen molar-refractivity contribution < 1.29 is 5.11 Å². The van der Waals surface area contributed by atoms with Gasteiger partial charge in [-0.1, -0.05) is 19.8 Å². The number of rotatable bonds is 0. The van der Waals surface area contributed by atoms with Gasteiger partial charge >= 0.3 is 0 Å². The summed E-state index contributed by atoms with van der Waals surface area (Å²) in [5.41, 5.74) is 0.496. The van der Waals surface area contributed by atoms with E-state index in [0.29, 0.717) is 5.41 Å². The van der Waals surface area contributed by atoms with Gasteiger partial charge < -0.3 is 5.11 Å². The van der Waals surface area contributed by atoms with Crippen LogP contribution in [-0.4, -0.2) is 11.2 Å². The molecule has 0 amide bonds. The molecule has 2 fully saturated rings. The van der Waals surface area contributed by atoms with Crippen LogP contribution in [0.1, 0.15) is 51.9 Å². The fraction of sp³-hybridized carbons (Fsp3) is 1.00. The van der Waals surface area contributed by atoms with Crippen LogP contribution in [0.4, 0.5) is 0 Å². The summed E-state index contributed by atoms with van der Waals surface area (Å²) in [6.45, 7) is 2.39. The maximum absolute atomic E-state index is 9.61. The molecule has 0 heterocycles.